The minimum atomic E-state index is -0.416. The van der Waals surface area contributed by atoms with Crippen molar-refractivity contribution in [1.82, 2.24) is 4.57 Å². The summed E-state index contributed by atoms with van der Waals surface area (Å²) in [5.41, 5.74) is 8.84. The Morgan fingerprint density at radius 2 is 2.00 bits per heavy atom. The first-order valence-electron chi connectivity index (χ1n) is 5.40. The average molecular weight is 232 g/mol. The quantitative estimate of drug-likeness (QED) is 0.859. The molecule has 2 N–H and O–H groups in total. The molecule has 0 fully saturated rings. The molecule has 1 aromatic heterocycles. The molecule has 4 nitrogen and oxygen atoms in total. The molecule has 0 spiro atoms. The van der Waals surface area contributed by atoms with Gasteiger partial charge in [-0.05, 0) is 37.1 Å². The lowest BCUT2D eigenvalue weighted by Crippen LogP contribution is -2.16. The van der Waals surface area contributed by atoms with E-state index in [1.807, 2.05) is 33.0 Å². The molecule has 0 aliphatic carbocycles. The summed E-state index contributed by atoms with van der Waals surface area (Å²) in [7, 11) is 3.45. The summed E-state index contributed by atoms with van der Waals surface area (Å²) in [5.74, 6) is 0.346. The number of primary amides is 1. The molecule has 0 unspecified atom stereocenters. The van der Waals surface area contributed by atoms with Crippen LogP contribution in [0.2, 0.25) is 0 Å². The highest BCUT2D eigenvalue weighted by molar-refractivity contribution is 6.02. The second-order valence-corrected chi connectivity index (χ2v) is 4.26. The van der Waals surface area contributed by atoms with Crippen molar-refractivity contribution in [2.45, 2.75) is 13.8 Å². The number of amides is 1. The first-order chi connectivity index (χ1) is 7.97. The van der Waals surface area contributed by atoms with Crippen molar-refractivity contribution in [3.8, 4) is 5.75 Å². The smallest absolute Gasteiger partial charge is 0.265 e. The van der Waals surface area contributed by atoms with Gasteiger partial charge in [0.05, 0.1) is 12.6 Å². The fraction of sp³-hybridized carbons (Fsp3) is 0.308. The van der Waals surface area contributed by atoms with Crippen LogP contribution in [0.25, 0.3) is 10.9 Å². The molecule has 1 heterocycles. The maximum absolute atomic E-state index is 11.5. The number of nitrogens with zero attached hydrogens (tertiary/aromatic N) is 1. The highest BCUT2D eigenvalue weighted by Gasteiger charge is 2.18. The Kier molecular flexibility index (Phi) is 2.58. The number of aromatic nitrogens is 1. The van der Waals surface area contributed by atoms with Crippen molar-refractivity contribution in [3.63, 3.8) is 0 Å². The number of carbonyl (C=O) groups is 1. The van der Waals surface area contributed by atoms with Crippen molar-refractivity contribution in [2.24, 2.45) is 12.8 Å². The second-order valence-electron chi connectivity index (χ2n) is 4.26. The molecule has 0 saturated carbocycles. The number of carbonyl (C=O) groups excluding carboxylic acids is 1. The van der Waals surface area contributed by atoms with Crippen LogP contribution in [0.3, 0.4) is 0 Å². The molecule has 2 aromatic rings. The van der Waals surface area contributed by atoms with E-state index in [1.54, 1.807) is 11.7 Å². The third-order valence-corrected chi connectivity index (χ3v) is 3.10. The van der Waals surface area contributed by atoms with E-state index in [-0.39, 0.29) is 0 Å². The molecule has 0 aliphatic heterocycles. The number of aryl methyl sites for hydroxylation is 3. The van der Waals surface area contributed by atoms with Crippen LogP contribution in [-0.2, 0) is 7.05 Å². The first kappa shape index (κ1) is 11.5. The Hall–Kier alpha value is -1.97. The molecule has 1 aromatic carbocycles. The molecule has 0 bridgehead atoms. The van der Waals surface area contributed by atoms with Crippen LogP contribution in [0, 0.1) is 13.8 Å². The third-order valence-electron chi connectivity index (χ3n) is 3.10. The van der Waals surface area contributed by atoms with Crippen LogP contribution in [-0.4, -0.2) is 17.6 Å². The molecule has 90 valence electrons. The summed E-state index contributed by atoms with van der Waals surface area (Å²) in [6.07, 6.45) is 0. The fourth-order valence-electron chi connectivity index (χ4n) is 2.37. The molecule has 0 radical (unpaired) electrons. The number of ether oxygens (including phenoxy) is 1. The highest BCUT2D eigenvalue weighted by atomic mass is 16.5. The van der Waals surface area contributed by atoms with Gasteiger partial charge in [0.15, 0.2) is 0 Å². The monoisotopic (exact) mass is 232 g/mol. The largest absolute Gasteiger partial charge is 0.495 e. The van der Waals surface area contributed by atoms with Crippen molar-refractivity contribution < 1.29 is 9.53 Å². The number of hydrogen-bond donors (Lipinski definition) is 1. The molecule has 0 saturated heterocycles. The number of rotatable bonds is 2. The topological polar surface area (TPSA) is 57.2 Å². The van der Waals surface area contributed by atoms with E-state index in [4.69, 9.17) is 10.5 Å². The summed E-state index contributed by atoms with van der Waals surface area (Å²) in [6.45, 7) is 3.90. The van der Waals surface area contributed by atoms with E-state index >= 15 is 0 Å². The number of nitrogens with two attached hydrogens (primary N) is 1. The number of benzene rings is 1. The summed E-state index contributed by atoms with van der Waals surface area (Å²) >= 11 is 0. The highest BCUT2D eigenvalue weighted by Crippen LogP contribution is 2.32. The van der Waals surface area contributed by atoms with Crippen LogP contribution in [0.15, 0.2) is 12.1 Å². The van der Waals surface area contributed by atoms with Crippen LogP contribution >= 0.6 is 0 Å². The fourth-order valence-corrected chi connectivity index (χ4v) is 2.37. The minimum Gasteiger partial charge on any atom is -0.495 e. The predicted octanol–water partition coefficient (Wildman–Crippen LogP) is 1.90. The average Bonchev–Trinajstić information content (AvgIpc) is 2.50. The van der Waals surface area contributed by atoms with Crippen molar-refractivity contribution >= 4 is 16.8 Å². The van der Waals surface area contributed by atoms with Crippen molar-refractivity contribution in [3.05, 3.63) is 29.0 Å². The lowest BCUT2D eigenvalue weighted by Gasteiger charge is -2.06. The molecule has 0 atom stereocenters. The number of methoxy groups -OCH3 is 1. The lowest BCUT2D eigenvalue weighted by molar-refractivity contribution is 0.0992. The molecule has 4 heteroatoms. The summed E-state index contributed by atoms with van der Waals surface area (Å²) < 4.78 is 7.16. The molecular weight excluding hydrogens is 216 g/mol. The van der Waals surface area contributed by atoms with Crippen LogP contribution in [0.4, 0.5) is 0 Å². The maximum Gasteiger partial charge on any atom is 0.265 e. The van der Waals surface area contributed by atoms with Gasteiger partial charge < -0.3 is 15.0 Å². The zero-order valence-corrected chi connectivity index (χ0v) is 10.5. The van der Waals surface area contributed by atoms with Gasteiger partial charge in [0.2, 0.25) is 0 Å². The van der Waals surface area contributed by atoms with Gasteiger partial charge in [-0.25, -0.2) is 0 Å². The third kappa shape index (κ3) is 1.56. The zero-order chi connectivity index (χ0) is 12.7. The van der Waals surface area contributed by atoms with E-state index < -0.39 is 5.91 Å². The van der Waals surface area contributed by atoms with Gasteiger partial charge in [0, 0.05) is 12.4 Å². The van der Waals surface area contributed by atoms with Gasteiger partial charge >= 0.3 is 0 Å². The van der Waals surface area contributed by atoms with E-state index in [1.165, 1.54) is 0 Å². The van der Waals surface area contributed by atoms with Gasteiger partial charge in [-0.1, -0.05) is 0 Å². The van der Waals surface area contributed by atoms with Gasteiger partial charge in [0.1, 0.15) is 11.4 Å². The number of fused-ring (bicyclic) bond motifs is 1. The maximum atomic E-state index is 11.5. The molecule has 17 heavy (non-hydrogen) atoms. The van der Waals surface area contributed by atoms with Gasteiger partial charge in [0.25, 0.3) is 5.91 Å². The van der Waals surface area contributed by atoms with E-state index in [0.717, 1.165) is 27.8 Å². The summed E-state index contributed by atoms with van der Waals surface area (Å²) in [4.78, 5) is 11.5. The van der Waals surface area contributed by atoms with Crippen LogP contribution in [0.5, 0.6) is 5.75 Å². The second kappa shape index (κ2) is 3.80. The Morgan fingerprint density at radius 1 is 1.35 bits per heavy atom. The minimum absolute atomic E-state index is 0.416. The Balaban J connectivity index is 2.97. The van der Waals surface area contributed by atoms with E-state index in [2.05, 4.69) is 0 Å². The summed E-state index contributed by atoms with van der Waals surface area (Å²) in [6, 6.07) is 3.99. The van der Waals surface area contributed by atoms with Crippen molar-refractivity contribution in [1.29, 1.82) is 0 Å². The number of hydrogen-bond acceptors (Lipinski definition) is 2. The lowest BCUT2D eigenvalue weighted by atomic mass is 10.1. The van der Waals surface area contributed by atoms with E-state index in [9.17, 15) is 4.79 Å². The predicted molar refractivity (Wildman–Crippen MR) is 67.5 cm³/mol. The van der Waals surface area contributed by atoms with E-state index in [0.29, 0.717) is 5.69 Å². The Morgan fingerprint density at radius 3 is 2.53 bits per heavy atom. The molecule has 0 aliphatic rings. The standard InChI is InChI=1S/C13H16N2O2/c1-7-5-9-8(2)11(13(14)16)15(3)12(9)10(6-7)17-4/h5-6H,1-4H3,(H2,14,16). The van der Waals surface area contributed by atoms with Crippen LogP contribution < -0.4 is 10.5 Å². The SMILES string of the molecule is COc1cc(C)cc2c(C)c(C(N)=O)n(C)c12. The van der Waals surface area contributed by atoms with Crippen molar-refractivity contribution in [2.75, 3.05) is 7.11 Å². The Labute approximate surface area is 100.0 Å². The van der Waals surface area contributed by atoms with Gasteiger partial charge in [-0.15, -0.1) is 0 Å². The van der Waals surface area contributed by atoms with Crippen LogP contribution in [0.1, 0.15) is 21.6 Å². The molecular formula is C13H16N2O2. The first-order valence-corrected chi connectivity index (χ1v) is 5.40. The zero-order valence-electron chi connectivity index (χ0n) is 10.5. The molecule has 1 amide bonds. The normalized spacial score (nSPS) is 10.8. The van der Waals surface area contributed by atoms with Gasteiger partial charge in [-0.3, -0.25) is 4.79 Å². The summed E-state index contributed by atoms with van der Waals surface area (Å²) in [5, 5.41) is 1.01. The Bertz CT molecular complexity index is 612. The van der Waals surface area contributed by atoms with Gasteiger partial charge in [-0.2, -0.15) is 0 Å². The molecule has 2 rings (SSSR count).